The Morgan fingerprint density at radius 1 is 1.33 bits per heavy atom. The maximum absolute atomic E-state index is 9.39. The zero-order chi connectivity index (χ0) is 9.14. The highest BCUT2D eigenvalue weighted by atomic mass is 35.5. The van der Waals surface area contributed by atoms with Crippen molar-refractivity contribution >= 4 is 23.2 Å². The van der Waals surface area contributed by atoms with Gasteiger partial charge in [-0.3, -0.25) is 0 Å². The normalized spacial score (nSPS) is 13.0. The quantitative estimate of drug-likeness (QED) is 0.783. The van der Waals surface area contributed by atoms with Gasteiger partial charge in [-0.25, -0.2) is 0 Å². The van der Waals surface area contributed by atoms with Crippen LogP contribution in [0, 0.1) is 6.42 Å². The summed E-state index contributed by atoms with van der Waals surface area (Å²) in [5, 5.41) is 10.4. The highest BCUT2D eigenvalue weighted by Crippen LogP contribution is 2.26. The lowest BCUT2D eigenvalue weighted by atomic mass is 10.1. The summed E-state index contributed by atoms with van der Waals surface area (Å²) in [7, 11) is 0. The topological polar surface area (TPSA) is 20.2 Å². The van der Waals surface area contributed by atoms with Gasteiger partial charge in [-0.05, 0) is 24.1 Å². The molecular formula is C9H9Cl2O. The number of halogens is 2. The molecule has 65 valence electrons. The van der Waals surface area contributed by atoms with E-state index in [1.165, 1.54) is 0 Å². The molecule has 0 aliphatic carbocycles. The van der Waals surface area contributed by atoms with Crippen molar-refractivity contribution < 1.29 is 5.11 Å². The Kier molecular flexibility index (Phi) is 3.39. The maximum Gasteiger partial charge on any atom is 0.0819 e. The van der Waals surface area contributed by atoms with Gasteiger partial charge in [0.1, 0.15) is 0 Å². The van der Waals surface area contributed by atoms with Gasteiger partial charge in [0.15, 0.2) is 0 Å². The molecule has 1 aromatic rings. The SMILES string of the molecule is C[CH]C(O)c1ccc(Cl)c(Cl)c1. The Morgan fingerprint density at radius 3 is 2.50 bits per heavy atom. The van der Waals surface area contributed by atoms with Crippen molar-refractivity contribution in [3.05, 3.63) is 40.2 Å². The molecule has 1 nitrogen and oxygen atoms in total. The minimum atomic E-state index is -0.570. The van der Waals surface area contributed by atoms with E-state index in [0.717, 1.165) is 5.56 Å². The van der Waals surface area contributed by atoms with E-state index in [9.17, 15) is 5.11 Å². The molecule has 1 rings (SSSR count). The first-order valence-corrected chi connectivity index (χ1v) is 4.33. The standard InChI is InChI=1S/C9H9Cl2O/c1-2-9(12)6-3-4-7(10)8(11)5-6/h2-5,9,12H,1H3. The van der Waals surface area contributed by atoms with Crippen LogP contribution in [0.15, 0.2) is 18.2 Å². The molecule has 3 heteroatoms. The van der Waals surface area contributed by atoms with E-state index in [1.807, 2.05) is 0 Å². The van der Waals surface area contributed by atoms with Crippen molar-refractivity contribution in [1.82, 2.24) is 0 Å². The molecule has 1 aromatic carbocycles. The van der Waals surface area contributed by atoms with Crippen molar-refractivity contribution in [3.63, 3.8) is 0 Å². The van der Waals surface area contributed by atoms with Gasteiger partial charge in [-0.2, -0.15) is 0 Å². The van der Waals surface area contributed by atoms with E-state index in [2.05, 4.69) is 0 Å². The number of aliphatic hydroxyl groups is 1. The van der Waals surface area contributed by atoms with Crippen molar-refractivity contribution in [2.24, 2.45) is 0 Å². The molecule has 0 spiro atoms. The Bertz CT molecular complexity index is 273. The molecule has 0 saturated heterocycles. The lowest BCUT2D eigenvalue weighted by Gasteiger charge is -2.07. The number of hydrogen-bond acceptors (Lipinski definition) is 1. The first-order valence-electron chi connectivity index (χ1n) is 3.57. The van der Waals surface area contributed by atoms with E-state index in [0.29, 0.717) is 10.0 Å². The molecule has 1 atom stereocenters. The molecule has 0 aliphatic heterocycles. The van der Waals surface area contributed by atoms with Crippen LogP contribution in [0.2, 0.25) is 10.0 Å². The average Bonchev–Trinajstić information content (AvgIpc) is 2.08. The molecule has 0 aliphatic rings. The largest absolute Gasteiger partial charge is 0.388 e. The molecule has 1 N–H and O–H groups in total. The molecule has 0 amide bonds. The van der Waals surface area contributed by atoms with Gasteiger partial charge in [0, 0.05) is 0 Å². The zero-order valence-corrected chi connectivity index (χ0v) is 8.10. The fraction of sp³-hybridized carbons (Fsp3) is 0.222. The minimum absolute atomic E-state index is 0.468. The molecule has 12 heavy (non-hydrogen) atoms. The lowest BCUT2D eigenvalue weighted by Crippen LogP contribution is -1.95. The summed E-state index contributed by atoms with van der Waals surface area (Å²) >= 11 is 11.5. The number of rotatable bonds is 2. The molecule has 0 fully saturated rings. The number of benzene rings is 1. The predicted octanol–water partition coefficient (Wildman–Crippen LogP) is 3.25. The predicted molar refractivity (Wildman–Crippen MR) is 51.4 cm³/mol. The third-order valence-corrected chi connectivity index (χ3v) is 2.34. The summed E-state index contributed by atoms with van der Waals surface area (Å²) in [5.74, 6) is 0. The molecule has 0 heterocycles. The van der Waals surface area contributed by atoms with Crippen LogP contribution in [-0.4, -0.2) is 5.11 Å². The third kappa shape index (κ3) is 2.13. The maximum atomic E-state index is 9.39. The highest BCUT2D eigenvalue weighted by Gasteiger charge is 2.06. The summed E-state index contributed by atoms with van der Waals surface area (Å²) in [5.41, 5.74) is 0.756. The number of hydrogen-bond donors (Lipinski definition) is 1. The zero-order valence-electron chi connectivity index (χ0n) is 6.59. The van der Waals surface area contributed by atoms with Crippen molar-refractivity contribution in [1.29, 1.82) is 0 Å². The second-order valence-electron chi connectivity index (χ2n) is 2.45. The van der Waals surface area contributed by atoms with E-state index < -0.39 is 6.10 Å². The third-order valence-electron chi connectivity index (χ3n) is 1.60. The Balaban J connectivity index is 2.96. The monoisotopic (exact) mass is 203 g/mol. The van der Waals surface area contributed by atoms with Gasteiger partial charge in [0.05, 0.1) is 16.1 Å². The van der Waals surface area contributed by atoms with E-state index >= 15 is 0 Å². The summed E-state index contributed by atoms with van der Waals surface area (Å²) in [6.07, 6.45) is 1.11. The molecule has 0 saturated carbocycles. The van der Waals surface area contributed by atoms with Crippen LogP contribution in [0.3, 0.4) is 0 Å². The minimum Gasteiger partial charge on any atom is -0.388 e. The van der Waals surface area contributed by atoms with Crippen molar-refractivity contribution in [2.45, 2.75) is 13.0 Å². The molecular weight excluding hydrogens is 195 g/mol. The fourth-order valence-electron chi connectivity index (χ4n) is 0.889. The van der Waals surface area contributed by atoms with Gasteiger partial charge < -0.3 is 5.11 Å². The van der Waals surface area contributed by atoms with Crippen LogP contribution >= 0.6 is 23.2 Å². The van der Waals surface area contributed by atoms with Gasteiger partial charge in [0.2, 0.25) is 0 Å². The second-order valence-corrected chi connectivity index (χ2v) is 3.27. The first-order chi connectivity index (χ1) is 5.65. The molecule has 0 bridgehead atoms. The Labute approximate surface area is 81.9 Å². The molecule has 1 radical (unpaired) electrons. The van der Waals surface area contributed by atoms with Gasteiger partial charge in [-0.15, -0.1) is 0 Å². The van der Waals surface area contributed by atoms with Crippen LogP contribution in [-0.2, 0) is 0 Å². The Hall–Kier alpha value is -0.240. The van der Waals surface area contributed by atoms with Crippen molar-refractivity contribution in [2.75, 3.05) is 0 Å². The van der Waals surface area contributed by atoms with Crippen LogP contribution < -0.4 is 0 Å². The van der Waals surface area contributed by atoms with Gasteiger partial charge >= 0.3 is 0 Å². The Morgan fingerprint density at radius 2 is 2.00 bits per heavy atom. The lowest BCUT2D eigenvalue weighted by molar-refractivity contribution is 0.212. The summed E-state index contributed by atoms with van der Waals surface area (Å²) in [6.45, 7) is 1.78. The van der Waals surface area contributed by atoms with Crippen LogP contribution in [0.25, 0.3) is 0 Å². The van der Waals surface area contributed by atoms with Crippen LogP contribution in [0.1, 0.15) is 18.6 Å². The van der Waals surface area contributed by atoms with Crippen molar-refractivity contribution in [3.8, 4) is 0 Å². The smallest absolute Gasteiger partial charge is 0.0819 e. The van der Waals surface area contributed by atoms with Gasteiger partial charge in [0.25, 0.3) is 0 Å². The second kappa shape index (κ2) is 4.13. The first kappa shape index (κ1) is 9.85. The number of aliphatic hydroxyl groups excluding tert-OH is 1. The van der Waals surface area contributed by atoms with E-state index in [4.69, 9.17) is 23.2 Å². The highest BCUT2D eigenvalue weighted by molar-refractivity contribution is 6.42. The van der Waals surface area contributed by atoms with Crippen LogP contribution in [0.5, 0.6) is 0 Å². The molecule has 1 unspecified atom stereocenters. The summed E-state index contributed by atoms with van der Waals surface area (Å²) in [6, 6.07) is 5.08. The van der Waals surface area contributed by atoms with Gasteiger partial charge in [-0.1, -0.05) is 36.2 Å². The van der Waals surface area contributed by atoms with E-state index in [1.54, 1.807) is 31.5 Å². The molecule has 0 aromatic heterocycles. The fourth-order valence-corrected chi connectivity index (χ4v) is 1.20. The summed E-state index contributed by atoms with van der Waals surface area (Å²) < 4.78 is 0. The van der Waals surface area contributed by atoms with E-state index in [-0.39, 0.29) is 0 Å². The average molecular weight is 204 g/mol. The summed E-state index contributed by atoms with van der Waals surface area (Å²) in [4.78, 5) is 0. The van der Waals surface area contributed by atoms with Crippen LogP contribution in [0.4, 0.5) is 0 Å².